The maximum atomic E-state index is 13.8. The fourth-order valence-electron chi connectivity index (χ4n) is 2.28. The lowest BCUT2D eigenvalue weighted by atomic mass is 10.00. The highest BCUT2D eigenvalue weighted by molar-refractivity contribution is 5.95. The lowest BCUT2D eigenvalue weighted by Gasteiger charge is -2.08. The van der Waals surface area contributed by atoms with Crippen LogP contribution in [0, 0.1) is 17.1 Å². The van der Waals surface area contributed by atoms with Gasteiger partial charge in [-0.05, 0) is 41.5 Å². The van der Waals surface area contributed by atoms with Crippen LogP contribution >= 0.6 is 0 Å². The summed E-state index contributed by atoms with van der Waals surface area (Å²) in [6.45, 7) is 0. The molecule has 3 nitrogen and oxygen atoms in total. The summed E-state index contributed by atoms with van der Waals surface area (Å²) in [6.07, 6.45) is 1.67. The minimum atomic E-state index is -0.520. The van der Waals surface area contributed by atoms with Gasteiger partial charge in [-0.1, -0.05) is 6.07 Å². The summed E-state index contributed by atoms with van der Waals surface area (Å²) in [5.74, 6) is 0.201. The summed E-state index contributed by atoms with van der Waals surface area (Å²) >= 11 is 0. The number of hydrogen-bond acceptors (Lipinski definition) is 3. The Morgan fingerprint density at radius 3 is 2.71 bits per heavy atom. The molecule has 0 spiro atoms. The molecule has 21 heavy (non-hydrogen) atoms. The summed E-state index contributed by atoms with van der Waals surface area (Å²) in [5.41, 5.74) is 2.39. The highest BCUT2D eigenvalue weighted by atomic mass is 19.1. The summed E-state index contributed by atoms with van der Waals surface area (Å²) < 4.78 is 19.0. The van der Waals surface area contributed by atoms with Crippen molar-refractivity contribution < 1.29 is 9.13 Å². The van der Waals surface area contributed by atoms with E-state index in [9.17, 15) is 4.39 Å². The third-order valence-electron chi connectivity index (χ3n) is 3.35. The second-order valence-corrected chi connectivity index (χ2v) is 4.55. The molecule has 2 aromatic carbocycles. The van der Waals surface area contributed by atoms with E-state index in [1.165, 1.54) is 12.1 Å². The molecule has 0 atom stereocenters. The number of methoxy groups -OCH3 is 1. The van der Waals surface area contributed by atoms with Crippen molar-refractivity contribution in [3.05, 3.63) is 60.0 Å². The molecule has 0 bridgehead atoms. The van der Waals surface area contributed by atoms with Gasteiger partial charge in [-0.2, -0.15) is 5.26 Å². The number of nitriles is 1. The molecule has 1 heterocycles. The van der Waals surface area contributed by atoms with Crippen molar-refractivity contribution >= 4 is 10.9 Å². The molecule has 0 fully saturated rings. The third-order valence-corrected chi connectivity index (χ3v) is 3.35. The molecular formula is C17H11FN2O. The van der Waals surface area contributed by atoms with Crippen LogP contribution in [0.15, 0.2) is 48.7 Å². The van der Waals surface area contributed by atoms with E-state index in [2.05, 4.69) is 4.98 Å². The number of hydrogen-bond donors (Lipinski definition) is 0. The molecule has 0 saturated heterocycles. The predicted octanol–water partition coefficient (Wildman–Crippen LogP) is 3.92. The number of benzene rings is 2. The Labute approximate surface area is 121 Å². The maximum Gasteiger partial charge on any atom is 0.141 e. The molecule has 0 amide bonds. The minimum Gasteiger partial charge on any atom is -0.497 e. The van der Waals surface area contributed by atoms with Crippen LogP contribution in [0.5, 0.6) is 5.75 Å². The quantitative estimate of drug-likeness (QED) is 0.713. The van der Waals surface area contributed by atoms with Crippen molar-refractivity contribution in [2.45, 2.75) is 0 Å². The molecule has 0 saturated carbocycles. The van der Waals surface area contributed by atoms with Crippen LogP contribution in [0.4, 0.5) is 4.39 Å². The molecule has 3 rings (SSSR count). The molecule has 1 aromatic heterocycles. The SMILES string of the molecule is COc1ccc2c(-c3ccc(C#N)c(F)c3)ccnc2c1. The molecule has 0 unspecified atom stereocenters. The molecule has 0 N–H and O–H groups in total. The second kappa shape index (κ2) is 5.22. The predicted molar refractivity (Wildman–Crippen MR) is 78.4 cm³/mol. The standard InChI is InChI=1S/C17H11FN2O/c1-21-13-4-5-15-14(6-7-20-17(15)9-13)11-2-3-12(10-19)16(18)8-11/h2-9H,1H3. The van der Waals surface area contributed by atoms with E-state index in [1.54, 1.807) is 19.4 Å². The first-order chi connectivity index (χ1) is 10.2. The Bertz CT molecular complexity index is 868. The first kappa shape index (κ1) is 13.1. The number of ether oxygens (including phenoxy) is 1. The van der Waals surface area contributed by atoms with E-state index in [4.69, 9.17) is 10.00 Å². The average Bonchev–Trinajstić information content (AvgIpc) is 2.53. The Morgan fingerprint density at radius 1 is 1.14 bits per heavy atom. The summed E-state index contributed by atoms with van der Waals surface area (Å²) in [4.78, 5) is 4.31. The highest BCUT2D eigenvalue weighted by Gasteiger charge is 2.08. The number of fused-ring (bicyclic) bond motifs is 1. The average molecular weight is 278 g/mol. The minimum absolute atomic E-state index is 0.0405. The lowest BCUT2D eigenvalue weighted by molar-refractivity contribution is 0.415. The normalized spacial score (nSPS) is 10.3. The van der Waals surface area contributed by atoms with Gasteiger partial charge in [0.15, 0.2) is 0 Å². The maximum absolute atomic E-state index is 13.8. The summed E-state index contributed by atoms with van der Waals surface area (Å²) in [7, 11) is 1.60. The van der Waals surface area contributed by atoms with Gasteiger partial charge in [0.1, 0.15) is 17.6 Å². The van der Waals surface area contributed by atoms with E-state index in [1.807, 2.05) is 30.3 Å². The molecule has 0 radical (unpaired) electrons. The zero-order chi connectivity index (χ0) is 14.8. The molecule has 0 aliphatic rings. The lowest BCUT2D eigenvalue weighted by Crippen LogP contribution is -1.89. The number of nitrogens with zero attached hydrogens (tertiary/aromatic N) is 2. The van der Waals surface area contributed by atoms with Gasteiger partial charge >= 0.3 is 0 Å². The van der Waals surface area contributed by atoms with Crippen LogP contribution in [-0.4, -0.2) is 12.1 Å². The number of rotatable bonds is 2. The van der Waals surface area contributed by atoms with Crippen molar-refractivity contribution in [3.8, 4) is 22.9 Å². The van der Waals surface area contributed by atoms with E-state index in [0.29, 0.717) is 5.56 Å². The van der Waals surface area contributed by atoms with Crippen LogP contribution in [0.2, 0.25) is 0 Å². The van der Waals surface area contributed by atoms with Crippen molar-refractivity contribution in [2.24, 2.45) is 0 Å². The van der Waals surface area contributed by atoms with Crippen LogP contribution < -0.4 is 4.74 Å². The van der Waals surface area contributed by atoms with E-state index >= 15 is 0 Å². The van der Waals surface area contributed by atoms with Gasteiger partial charge in [0, 0.05) is 17.6 Å². The zero-order valence-corrected chi connectivity index (χ0v) is 11.3. The fraction of sp³-hybridized carbons (Fsp3) is 0.0588. The number of halogens is 1. The summed E-state index contributed by atoms with van der Waals surface area (Å²) in [5, 5.41) is 9.70. The Morgan fingerprint density at radius 2 is 2.00 bits per heavy atom. The first-order valence-electron chi connectivity index (χ1n) is 6.35. The molecular weight excluding hydrogens is 267 g/mol. The van der Waals surface area contributed by atoms with E-state index < -0.39 is 5.82 Å². The highest BCUT2D eigenvalue weighted by Crippen LogP contribution is 2.30. The summed E-state index contributed by atoms with van der Waals surface area (Å²) in [6, 6.07) is 13.8. The smallest absolute Gasteiger partial charge is 0.141 e. The third kappa shape index (κ3) is 2.30. The van der Waals surface area contributed by atoms with E-state index in [0.717, 1.165) is 22.2 Å². The van der Waals surface area contributed by atoms with Crippen LogP contribution in [0.3, 0.4) is 0 Å². The van der Waals surface area contributed by atoms with Crippen LogP contribution in [0.25, 0.3) is 22.0 Å². The first-order valence-corrected chi connectivity index (χ1v) is 6.35. The van der Waals surface area contributed by atoms with Gasteiger partial charge in [0.2, 0.25) is 0 Å². The topological polar surface area (TPSA) is 45.9 Å². The van der Waals surface area contributed by atoms with Gasteiger partial charge in [0.25, 0.3) is 0 Å². The molecule has 0 aliphatic heterocycles. The second-order valence-electron chi connectivity index (χ2n) is 4.55. The number of pyridine rings is 1. The Balaban J connectivity index is 2.21. The molecule has 102 valence electrons. The van der Waals surface area contributed by atoms with Crippen molar-refractivity contribution in [1.29, 1.82) is 5.26 Å². The monoisotopic (exact) mass is 278 g/mol. The zero-order valence-electron chi connectivity index (χ0n) is 11.3. The van der Waals surface area contributed by atoms with Crippen LogP contribution in [-0.2, 0) is 0 Å². The van der Waals surface area contributed by atoms with Gasteiger partial charge < -0.3 is 4.74 Å². The van der Waals surface area contributed by atoms with E-state index in [-0.39, 0.29) is 5.56 Å². The Hall–Kier alpha value is -2.93. The molecule has 3 aromatic rings. The molecule has 4 heteroatoms. The van der Waals surface area contributed by atoms with Gasteiger partial charge in [0.05, 0.1) is 18.2 Å². The largest absolute Gasteiger partial charge is 0.497 e. The fourth-order valence-corrected chi connectivity index (χ4v) is 2.28. The number of aromatic nitrogens is 1. The van der Waals surface area contributed by atoms with Gasteiger partial charge in [-0.25, -0.2) is 4.39 Å². The van der Waals surface area contributed by atoms with Crippen molar-refractivity contribution in [2.75, 3.05) is 7.11 Å². The van der Waals surface area contributed by atoms with Crippen molar-refractivity contribution in [3.63, 3.8) is 0 Å². The molecule has 0 aliphatic carbocycles. The van der Waals surface area contributed by atoms with Gasteiger partial charge in [-0.3, -0.25) is 4.98 Å². The Kier molecular flexibility index (Phi) is 3.25. The van der Waals surface area contributed by atoms with Gasteiger partial charge in [-0.15, -0.1) is 0 Å². The van der Waals surface area contributed by atoms with Crippen LogP contribution in [0.1, 0.15) is 5.56 Å². The van der Waals surface area contributed by atoms with Crippen molar-refractivity contribution in [1.82, 2.24) is 4.98 Å².